The maximum absolute atomic E-state index is 11.2. The molecule has 2 atom stereocenters. The summed E-state index contributed by atoms with van der Waals surface area (Å²) in [7, 11) is -0.866. The number of carboxylic acid groups (broad SMARTS) is 1. The van der Waals surface area contributed by atoms with Gasteiger partial charge >= 0.3 is 12.0 Å². The number of aliphatic carboxylic acids is 1. The molecule has 2 unspecified atom stereocenters. The first-order valence-corrected chi connectivity index (χ1v) is 6.77. The molecule has 6 nitrogen and oxygen atoms in total. The summed E-state index contributed by atoms with van der Waals surface area (Å²) < 4.78 is 10.7. The van der Waals surface area contributed by atoms with Crippen molar-refractivity contribution in [1.29, 1.82) is 0 Å². The van der Waals surface area contributed by atoms with Crippen molar-refractivity contribution < 1.29 is 18.9 Å². The predicted molar refractivity (Wildman–Crippen MR) is 61.8 cm³/mol. The summed E-state index contributed by atoms with van der Waals surface area (Å²) in [5.74, 6) is -0.525. The van der Waals surface area contributed by atoms with Crippen LogP contribution in [0.2, 0.25) is 0 Å². The SMILES string of the molecule is CCC(NC(=O)NCCCS(C)=O)C(=O)O. The fourth-order valence-corrected chi connectivity index (χ4v) is 1.58. The normalized spacial score (nSPS) is 13.9. The molecule has 0 aliphatic heterocycles. The minimum Gasteiger partial charge on any atom is -0.480 e. The molecule has 0 saturated carbocycles. The molecule has 0 aliphatic rings. The first-order valence-electron chi connectivity index (χ1n) is 5.04. The van der Waals surface area contributed by atoms with Crippen LogP contribution < -0.4 is 10.6 Å². The average Bonchev–Trinajstić information content (AvgIpc) is 2.20. The number of carboxylic acids is 1. The molecule has 0 rings (SSSR count). The van der Waals surface area contributed by atoms with Crippen LogP contribution in [0.3, 0.4) is 0 Å². The Morgan fingerprint density at radius 2 is 2.06 bits per heavy atom. The summed E-state index contributed by atoms with van der Waals surface area (Å²) in [6.45, 7) is 2.07. The fraction of sp³-hybridized carbons (Fsp3) is 0.778. The van der Waals surface area contributed by atoms with Crippen LogP contribution in [0.15, 0.2) is 0 Å². The van der Waals surface area contributed by atoms with Gasteiger partial charge in [-0.1, -0.05) is 6.92 Å². The van der Waals surface area contributed by atoms with Crippen LogP contribution in [0.4, 0.5) is 4.79 Å². The van der Waals surface area contributed by atoms with E-state index in [9.17, 15) is 13.8 Å². The second-order valence-corrected chi connectivity index (χ2v) is 4.88. The quantitative estimate of drug-likeness (QED) is 0.551. The Morgan fingerprint density at radius 3 is 2.50 bits per heavy atom. The zero-order valence-corrected chi connectivity index (χ0v) is 10.3. The van der Waals surface area contributed by atoms with Gasteiger partial charge in [0.05, 0.1) is 0 Å². The minimum absolute atomic E-state index is 0.335. The summed E-state index contributed by atoms with van der Waals surface area (Å²) in [5, 5.41) is 13.5. The largest absolute Gasteiger partial charge is 0.480 e. The molecule has 0 spiro atoms. The second kappa shape index (κ2) is 8.09. The number of hydrogen-bond acceptors (Lipinski definition) is 3. The zero-order valence-electron chi connectivity index (χ0n) is 9.49. The molecule has 16 heavy (non-hydrogen) atoms. The van der Waals surface area contributed by atoms with E-state index in [4.69, 9.17) is 5.11 Å². The second-order valence-electron chi connectivity index (χ2n) is 3.33. The molecule has 2 amide bonds. The lowest BCUT2D eigenvalue weighted by molar-refractivity contribution is -0.139. The van der Waals surface area contributed by atoms with Gasteiger partial charge in [0.1, 0.15) is 6.04 Å². The molecule has 0 aromatic rings. The Hall–Kier alpha value is -1.11. The van der Waals surface area contributed by atoms with Crippen molar-refractivity contribution in [1.82, 2.24) is 10.6 Å². The lowest BCUT2D eigenvalue weighted by Crippen LogP contribution is -2.46. The molecular formula is C9H18N2O4S. The van der Waals surface area contributed by atoms with E-state index in [1.54, 1.807) is 13.2 Å². The van der Waals surface area contributed by atoms with Crippen LogP contribution in [0, 0.1) is 0 Å². The number of amides is 2. The van der Waals surface area contributed by atoms with E-state index < -0.39 is 28.8 Å². The Labute approximate surface area is 97.3 Å². The number of nitrogens with one attached hydrogen (secondary N) is 2. The topological polar surface area (TPSA) is 95.5 Å². The summed E-state index contributed by atoms with van der Waals surface area (Å²) in [5.41, 5.74) is 0. The minimum atomic E-state index is -1.05. The molecule has 0 aliphatic carbocycles. The number of urea groups is 1. The smallest absolute Gasteiger partial charge is 0.326 e. The Balaban J connectivity index is 3.73. The molecule has 0 radical (unpaired) electrons. The molecular weight excluding hydrogens is 232 g/mol. The lowest BCUT2D eigenvalue weighted by Gasteiger charge is -2.12. The molecule has 94 valence electrons. The number of carbonyl (C=O) groups is 2. The van der Waals surface area contributed by atoms with Crippen molar-refractivity contribution in [3.05, 3.63) is 0 Å². The van der Waals surface area contributed by atoms with Gasteiger partial charge < -0.3 is 15.7 Å². The van der Waals surface area contributed by atoms with Crippen molar-refractivity contribution in [2.75, 3.05) is 18.6 Å². The summed E-state index contributed by atoms with van der Waals surface area (Å²) in [6.07, 6.45) is 2.54. The van der Waals surface area contributed by atoms with Crippen molar-refractivity contribution in [3.8, 4) is 0 Å². The summed E-state index contributed by atoms with van der Waals surface area (Å²) >= 11 is 0. The van der Waals surface area contributed by atoms with E-state index >= 15 is 0 Å². The highest BCUT2D eigenvalue weighted by Crippen LogP contribution is 1.90. The van der Waals surface area contributed by atoms with E-state index in [1.807, 2.05) is 0 Å². The predicted octanol–water partition coefficient (Wildman–Crippen LogP) is -0.0826. The van der Waals surface area contributed by atoms with E-state index in [-0.39, 0.29) is 0 Å². The van der Waals surface area contributed by atoms with Crippen molar-refractivity contribution >= 4 is 22.8 Å². The van der Waals surface area contributed by atoms with Gasteiger partial charge in [0.15, 0.2) is 0 Å². The van der Waals surface area contributed by atoms with Crippen LogP contribution in [0.25, 0.3) is 0 Å². The molecule has 0 aromatic heterocycles. The van der Waals surface area contributed by atoms with Gasteiger partial charge in [0.2, 0.25) is 0 Å². The number of hydrogen-bond donors (Lipinski definition) is 3. The van der Waals surface area contributed by atoms with E-state index in [0.29, 0.717) is 25.1 Å². The Bertz CT molecular complexity index is 270. The van der Waals surface area contributed by atoms with Gasteiger partial charge in [-0.05, 0) is 12.8 Å². The third-order valence-corrected chi connectivity index (χ3v) is 2.77. The van der Waals surface area contributed by atoms with Crippen LogP contribution in [0.1, 0.15) is 19.8 Å². The van der Waals surface area contributed by atoms with Gasteiger partial charge in [-0.25, -0.2) is 9.59 Å². The molecule has 0 aromatic carbocycles. The van der Waals surface area contributed by atoms with Crippen LogP contribution in [-0.2, 0) is 15.6 Å². The van der Waals surface area contributed by atoms with E-state index in [2.05, 4.69) is 10.6 Å². The third kappa shape index (κ3) is 7.22. The first kappa shape index (κ1) is 14.9. The van der Waals surface area contributed by atoms with Gasteiger partial charge in [-0.15, -0.1) is 0 Å². The van der Waals surface area contributed by atoms with E-state index in [1.165, 1.54) is 0 Å². The van der Waals surface area contributed by atoms with Crippen LogP contribution in [0.5, 0.6) is 0 Å². The highest BCUT2D eigenvalue weighted by Gasteiger charge is 2.16. The van der Waals surface area contributed by atoms with Gasteiger partial charge in [-0.3, -0.25) is 4.21 Å². The standard InChI is InChI=1S/C9H18N2O4S/c1-3-7(8(12)13)11-9(14)10-5-4-6-16(2)15/h7H,3-6H2,1-2H3,(H,12,13)(H2,10,11,14). The maximum atomic E-state index is 11.2. The number of carbonyl (C=O) groups excluding carboxylic acids is 1. The summed E-state index contributed by atoms with van der Waals surface area (Å²) in [6, 6.07) is -1.36. The van der Waals surface area contributed by atoms with Crippen molar-refractivity contribution in [2.45, 2.75) is 25.8 Å². The first-order chi connectivity index (χ1) is 7.47. The monoisotopic (exact) mass is 250 g/mol. The molecule has 0 heterocycles. The molecule has 0 fully saturated rings. The van der Waals surface area contributed by atoms with Crippen LogP contribution >= 0.6 is 0 Å². The lowest BCUT2D eigenvalue weighted by atomic mass is 10.2. The summed E-state index contributed by atoms with van der Waals surface area (Å²) in [4.78, 5) is 21.8. The third-order valence-electron chi connectivity index (χ3n) is 1.91. The van der Waals surface area contributed by atoms with Gasteiger partial charge in [0, 0.05) is 29.4 Å². The number of rotatable bonds is 7. The van der Waals surface area contributed by atoms with Gasteiger partial charge in [-0.2, -0.15) is 0 Å². The van der Waals surface area contributed by atoms with Crippen molar-refractivity contribution in [2.24, 2.45) is 0 Å². The Morgan fingerprint density at radius 1 is 1.44 bits per heavy atom. The average molecular weight is 250 g/mol. The zero-order chi connectivity index (χ0) is 12.6. The highest BCUT2D eigenvalue weighted by molar-refractivity contribution is 7.84. The van der Waals surface area contributed by atoms with E-state index in [0.717, 1.165) is 0 Å². The molecule has 7 heteroatoms. The Kier molecular flexibility index (Phi) is 7.53. The molecule has 0 bridgehead atoms. The molecule has 3 N–H and O–H groups in total. The molecule has 0 saturated heterocycles. The highest BCUT2D eigenvalue weighted by atomic mass is 32.2. The maximum Gasteiger partial charge on any atom is 0.326 e. The van der Waals surface area contributed by atoms with Crippen LogP contribution in [-0.4, -0.2) is 45.9 Å². The van der Waals surface area contributed by atoms with Gasteiger partial charge in [0.25, 0.3) is 0 Å². The fourth-order valence-electron chi connectivity index (χ4n) is 1.03. The van der Waals surface area contributed by atoms with Crippen molar-refractivity contribution in [3.63, 3.8) is 0 Å².